The van der Waals surface area contributed by atoms with Crippen molar-refractivity contribution < 1.29 is 32.3 Å². The third-order valence-electron chi connectivity index (χ3n) is 3.22. The quantitative estimate of drug-likeness (QED) is 0.696. The minimum absolute atomic E-state index is 0.0949. The Kier molecular flexibility index (Phi) is 4.65. The number of ether oxygens (including phenoxy) is 1. The van der Waals surface area contributed by atoms with Crippen LogP contribution in [0, 0.1) is 11.3 Å². The van der Waals surface area contributed by atoms with Crippen LogP contribution < -0.4 is 0 Å². The van der Waals surface area contributed by atoms with Gasteiger partial charge in [0.15, 0.2) is 5.78 Å². The molecule has 1 saturated heterocycles. The molecule has 1 amide bonds. The molecule has 0 aromatic rings. The first kappa shape index (κ1) is 18.4. The number of Topliss-reactive ketones (excluding diaryl/α,β-unsaturated/α-hetero) is 2. The second-order valence-electron chi connectivity index (χ2n) is 7.02. The third-order valence-corrected chi connectivity index (χ3v) is 3.22. The van der Waals surface area contributed by atoms with E-state index < -0.39 is 47.3 Å². The molecule has 0 N–H and O–H groups in total. The van der Waals surface area contributed by atoms with Gasteiger partial charge >= 0.3 is 12.3 Å². The normalized spacial score (nSPS) is 22.5. The maximum absolute atomic E-state index is 12.6. The van der Waals surface area contributed by atoms with E-state index in [0.29, 0.717) is 0 Å². The minimum Gasteiger partial charge on any atom is -0.444 e. The van der Waals surface area contributed by atoms with Gasteiger partial charge in [-0.3, -0.25) is 9.59 Å². The fourth-order valence-electron chi connectivity index (χ4n) is 2.26. The van der Waals surface area contributed by atoms with Gasteiger partial charge in [0.2, 0.25) is 5.78 Å². The minimum atomic E-state index is -5.12. The van der Waals surface area contributed by atoms with Gasteiger partial charge in [0, 0.05) is 18.5 Å². The van der Waals surface area contributed by atoms with E-state index >= 15 is 0 Å². The molecule has 1 rings (SSSR count). The zero-order chi connectivity index (χ0) is 17.5. The van der Waals surface area contributed by atoms with E-state index in [1.807, 2.05) is 0 Å². The van der Waals surface area contributed by atoms with Crippen LogP contribution in [0.25, 0.3) is 0 Å². The van der Waals surface area contributed by atoms with Crippen molar-refractivity contribution in [2.75, 3.05) is 13.1 Å². The summed E-state index contributed by atoms with van der Waals surface area (Å²) in [6.45, 7) is 6.94. The van der Waals surface area contributed by atoms with E-state index in [-0.39, 0.29) is 6.54 Å². The summed E-state index contributed by atoms with van der Waals surface area (Å²) < 4.78 is 43.0. The number of alkyl halides is 3. The molecule has 0 aromatic carbocycles. The number of carbonyl (C=O) groups excluding carboxylic acids is 3. The Labute approximate surface area is 126 Å². The Morgan fingerprint density at radius 1 is 1.23 bits per heavy atom. The third kappa shape index (κ3) is 4.20. The van der Waals surface area contributed by atoms with Crippen LogP contribution in [0.5, 0.6) is 0 Å². The highest BCUT2D eigenvalue weighted by Crippen LogP contribution is 2.33. The number of ketones is 2. The van der Waals surface area contributed by atoms with Crippen molar-refractivity contribution in [2.24, 2.45) is 11.3 Å². The molecule has 0 spiro atoms. The van der Waals surface area contributed by atoms with Gasteiger partial charge in [-0.05, 0) is 20.8 Å². The van der Waals surface area contributed by atoms with Crippen LogP contribution in [0.3, 0.4) is 0 Å². The topological polar surface area (TPSA) is 63.7 Å². The van der Waals surface area contributed by atoms with Crippen molar-refractivity contribution in [1.29, 1.82) is 0 Å². The van der Waals surface area contributed by atoms with Gasteiger partial charge in [0.05, 0.1) is 0 Å². The lowest BCUT2D eigenvalue weighted by Gasteiger charge is -2.40. The molecule has 1 fully saturated rings. The molecule has 8 heteroatoms. The highest BCUT2D eigenvalue weighted by Gasteiger charge is 2.53. The van der Waals surface area contributed by atoms with Crippen LogP contribution >= 0.6 is 0 Å². The molecule has 1 unspecified atom stereocenters. The molecule has 1 atom stereocenters. The molecule has 1 aliphatic rings. The van der Waals surface area contributed by atoms with Crippen molar-refractivity contribution in [3.05, 3.63) is 0 Å². The fourth-order valence-corrected chi connectivity index (χ4v) is 2.26. The number of hydrogen-bond donors (Lipinski definition) is 0. The van der Waals surface area contributed by atoms with E-state index in [1.165, 1.54) is 13.8 Å². The van der Waals surface area contributed by atoms with Crippen LogP contribution in [-0.2, 0) is 14.3 Å². The van der Waals surface area contributed by atoms with Crippen LogP contribution in [0.1, 0.15) is 34.6 Å². The van der Waals surface area contributed by atoms with Crippen LogP contribution in [0.2, 0.25) is 0 Å². The second-order valence-corrected chi connectivity index (χ2v) is 7.02. The van der Waals surface area contributed by atoms with Crippen molar-refractivity contribution in [2.45, 2.75) is 46.4 Å². The lowest BCUT2D eigenvalue weighted by Crippen LogP contribution is -2.57. The summed E-state index contributed by atoms with van der Waals surface area (Å²) in [5.74, 6) is -4.84. The summed E-state index contributed by atoms with van der Waals surface area (Å²) in [5.41, 5.74) is -2.08. The van der Waals surface area contributed by atoms with Gasteiger partial charge in [0.1, 0.15) is 11.5 Å². The smallest absolute Gasteiger partial charge is 0.444 e. The Balaban J connectivity index is 3.04. The summed E-state index contributed by atoms with van der Waals surface area (Å²) in [6, 6.07) is 0. The molecule has 0 aromatic heterocycles. The number of piperidine rings is 1. The summed E-state index contributed by atoms with van der Waals surface area (Å²) >= 11 is 0. The Morgan fingerprint density at radius 2 is 1.73 bits per heavy atom. The van der Waals surface area contributed by atoms with Gasteiger partial charge < -0.3 is 9.64 Å². The number of carbonyl (C=O) groups is 3. The van der Waals surface area contributed by atoms with Gasteiger partial charge in [-0.15, -0.1) is 0 Å². The Morgan fingerprint density at radius 3 is 2.14 bits per heavy atom. The molecule has 0 bridgehead atoms. The molecule has 1 heterocycles. The van der Waals surface area contributed by atoms with Crippen molar-refractivity contribution >= 4 is 17.7 Å². The average Bonchev–Trinajstić information content (AvgIpc) is 2.28. The number of amides is 1. The van der Waals surface area contributed by atoms with Gasteiger partial charge in [-0.2, -0.15) is 13.2 Å². The summed E-state index contributed by atoms with van der Waals surface area (Å²) in [4.78, 5) is 36.5. The number of halogens is 3. The highest BCUT2D eigenvalue weighted by molar-refractivity contribution is 6.08. The number of nitrogens with zero attached hydrogens (tertiary/aromatic N) is 1. The molecule has 1 aliphatic heterocycles. The average molecular weight is 323 g/mol. The zero-order valence-electron chi connectivity index (χ0n) is 13.2. The summed E-state index contributed by atoms with van der Waals surface area (Å²) in [6.07, 6.45) is -5.96. The van der Waals surface area contributed by atoms with Crippen molar-refractivity contribution in [3.63, 3.8) is 0 Å². The fraction of sp³-hybridized carbons (Fsp3) is 0.786. The van der Waals surface area contributed by atoms with Crippen molar-refractivity contribution in [3.8, 4) is 0 Å². The van der Waals surface area contributed by atoms with E-state index in [9.17, 15) is 27.6 Å². The monoisotopic (exact) mass is 323 g/mol. The molecule has 126 valence electrons. The van der Waals surface area contributed by atoms with E-state index in [0.717, 1.165) is 4.90 Å². The highest BCUT2D eigenvalue weighted by atomic mass is 19.4. The first-order valence-corrected chi connectivity index (χ1v) is 6.78. The molecule has 0 aliphatic carbocycles. The van der Waals surface area contributed by atoms with E-state index in [1.54, 1.807) is 20.8 Å². The van der Waals surface area contributed by atoms with Gasteiger partial charge in [0.25, 0.3) is 0 Å². The number of likely N-dealkylation sites (tertiary alicyclic amines) is 1. The first-order valence-electron chi connectivity index (χ1n) is 6.78. The van der Waals surface area contributed by atoms with Crippen LogP contribution in [0.4, 0.5) is 18.0 Å². The van der Waals surface area contributed by atoms with E-state index in [4.69, 9.17) is 4.74 Å². The first-order chi connectivity index (χ1) is 9.65. The maximum atomic E-state index is 12.6. The van der Waals surface area contributed by atoms with Gasteiger partial charge in [-0.1, -0.05) is 13.8 Å². The number of rotatable bonds is 1. The predicted molar refractivity (Wildman–Crippen MR) is 71.1 cm³/mol. The molecule has 5 nitrogen and oxygen atoms in total. The van der Waals surface area contributed by atoms with E-state index in [2.05, 4.69) is 0 Å². The zero-order valence-corrected chi connectivity index (χ0v) is 13.2. The Bertz CT molecular complexity index is 483. The standard InChI is InChI=1S/C14H20F3NO4/c1-12(2,3)22-11(21)18-6-8(10(20)14(15,16)17)9(19)13(4,5)7-18/h8H,6-7H2,1-5H3. The largest absolute Gasteiger partial charge is 0.450 e. The second kappa shape index (κ2) is 5.55. The summed E-state index contributed by atoms with van der Waals surface area (Å²) in [5, 5.41) is 0. The molecular weight excluding hydrogens is 303 g/mol. The maximum Gasteiger partial charge on any atom is 0.450 e. The lowest BCUT2D eigenvalue weighted by molar-refractivity contribution is -0.180. The SMILES string of the molecule is CC(C)(C)OC(=O)N1CC(C(=O)C(F)(F)F)C(=O)C(C)(C)C1. The number of hydrogen-bond acceptors (Lipinski definition) is 4. The van der Waals surface area contributed by atoms with Gasteiger partial charge in [-0.25, -0.2) is 4.79 Å². The Hall–Kier alpha value is -1.60. The van der Waals surface area contributed by atoms with Crippen LogP contribution in [-0.4, -0.2) is 47.4 Å². The molecule has 0 radical (unpaired) electrons. The molecular formula is C14H20F3NO4. The van der Waals surface area contributed by atoms with Crippen LogP contribution in [0.15, 0.2) is 0 Å². The van der Waals surface area contributed by atoms with Crippen molar-refractivity contribution in [1.82, 2.24) is 4.90 Å². The lowest BCUT2D eigenvalue weighted by atomic mass is 9.75. The molecule has 22 heavy (non-hydrogen) atoms. The predicted octanol–water partition coefficient (Wildman–Crippen LogP) is 2.58. The summed E-state index contributed by atoms with van der Waals surface area (Å²) in [7, 11) is 0. The molecule has 0 saturated carbocycles.